The number of benzene rings is 1. The predicted molar refractivity (Wildman–Crippen MR) is 112 cm³/mol. The van der Waals surface area contributed by atoms with Gasteiger partial charge in [0.15, 0.2) is 5.96 Å². The Bertz CT molecular complexity index is 719. The van der Waals surface area contributed by atoms with Crippen molar-refractivity contribution in [3.8, 4) is 0 Å². The number of nitrogens with two attached hydrogens (primary N) is 1. The van der Waals surface area contributed by atoms with Crippen LogP contribution in [0.2, 0.25) is 0 Å². The first-order chi connectivity index (χ1) is 12.0. The summed E-state index contributed by atoms with van der Waals surface area (Å²) in [5.74, 6) is 1.21. The number of hydrogen-bond acceptors (Lipinski definition) is 4. The monoisotopic (exact) mass is 473 g/mol. The number of hydrogen-bond donors (Lipinski definition) is 1. The van der Waals surface area contributed by atoms with Gasteiger partial charge in [-0.3, -0.25) is 4.99 Å². The van der Waals surface area contributed by atoms with Crippen LogP contribution >= 0.6 is 24.0 Å². The van der Waals surface area contributed by atoms with Gasteiger partial charge in [0.2, 0.25) is 0 Å². The first-order valence-corrected chi connectivity index (χ1v) is 8.51. The topological polar surface area (TPSA) is 70.9 Å². The number of aromatic nitrogens is 1. The average Bonchev–Trinajstić information content (AvgIpc) is 2.94. The van der Waals surface area contributed by atoms with E-state index in [2.05, 4.69) is 19.9 Å². The first-order valence-electron chi connectivity index (χ1n) is 8.51. The molecule has 0 radical (unpaired) electrons. The molecule has 0 unspecified atom stereocenters. The van der Waals surface area contributed by atoms with Gasteiger partial charge in [-0.25, -0.2) is 4.39 Å². The highest BCUT2D eigenvalue weighted by atomic mass is 127. The van der Waals surface area contributed by atoms with Crippen molar-refractivity contribution < 1.29 is 8.91 Å². The minimum Gasteiger partial charge on any atom is -0.370 e. The molecule has 0 saturated carbocycles. The third-order valence-electron chi connectivity index (χ3n) is 4.61. The first kappa shape index (κ1) is 20.5. The van der Waals surface area contributed by atoms with Crippen LogP contribution in [-0.2, 0) is 6.42 Å². The summed E-state index contributed by atoms with van der Waals surface area (Å²) < 4.78 is 18.2. The van der Waals surface area contributed by atoms with Gasteiger partial charge in [0.25, 0.3) is 0 Å². The summed E-state index contributed by atoms with van der Waals surface area (Å²) >= 11 is 0. The Hall–Kier alpha value is -1.84. The van der Waals surface area contributed by atoms with E-state index in [1.165, 1.54) is 12.1 Å². The van der Waals surface area contributed by atoms with E-state index in [9.17, 15) is 4.39 Å². The fourth-order valence-corrected chi connectivity index (χ4v) is 3.09. The number of halogens is 2. The quantitative estimate of drug-likeness (QED) is 0.420. The molecule has 2 aromatic rings. The lowest BCUT2D eigenvalue weighted by Gasteiger charge is -2.36. The van der Waals surface area contributed by atoms with Gasteiger partial charge >= 0.3 is 0 Å². The van der Waals surface area contributed by atoms with Gasteiger partial charge in [0, 0.05) is 44.0 Å². The molecule has 0 atom stereocenters. The van der Waals surface area contributed by atoms with Crippen LogP contribution in [-0.4, -0.2) is 48.7 Å². The van der Waals surface area contributed by atoms with Crippen molar-refractivity contribution in [1.29, 1.82) is 0 Å². The molecule has 1 aromatic carbocycles. The molecular formula is C18H25FIN5O. The summed E-state index contributed by atoms with van der Waals surface area (Å²) in [7, 11) is 0. The van der Waals surface area contributed by atoms with E-state index < -0.39 is 0 Å². The van der Waals surface area contributed by atoms with Crippen LogP contribution in [0.3, 0.4) is 0 Å². The van der Waals surface area contributed by atoms with Crippen molar-refractivity contribution in [3.05, 3.63) is 47.1 Å². The molecule has 3 rings (SSSR count). The molecule has 26 heavy (non-hydrogen) atoms. The van der Waals surface area contributed by atoms with Gasteiger partial charge < -0.3 is 20.1 Å². The molecule has 8 heteroatoms. The number of anilines is 1. The Morgan fingerprint density at radius 1 is 1.19 bits per heavy atom. The van der Waals surface area contributed by atoms with Gasteiger partial charge in [0.05, 0.1) is 5.69 Å². The highest BCUT2D eigenvalue weighted by Gasteiger charge is 2.18. The maximum atomic E-state index is 13.0. The zero-order valence-electron chi connectivity index (χ0n) is 15.1. The lowest BCUT2D eigenvalue weighted by Crippen LogP contribution is -2.51. The van der Waals surface area contributed by atoms with Crippen LogP contribution in [0.1, 0.15) is 17.0 Å². The molecule has 142 valence electrons. The molecule has 0 aliphatic carbocycles. The smallest absolute Gasteiger partial charge is 0.191 e. The summed E-state index contributed by atoms with van der Waals surface area (Å²) in [6.45, 7) is 7.76. The van der Waals surface area contributed by atoms with Gasteiger partial charge in [-0.15, -0.1) is 24.0 Å². The maximum Gasteiger partial charge on any atom is 0.191 e. The highest BCUT2D eigenvalue weighted by Crippen LogP contribution is 2.17. The SMILES string of the molecule is Cc1noc(C)c1CCN=C(N)N1CCN(c2ccc(F)cc2)CC1.I. The van der Waals surface area contributed by atoms with Crippen LogP contribution in [0.15, 0.2) is 33.8 Å². The Morgan fingerprint density at radius 2 is 1.85 bits per heavy atom. The van der Waals surface area contributed by atoms with E-state index in [0.717, 1.165) is 55.3 Å². The second-order valence-electron chi connectivity index (χ2n) is 6.24. The normalized spacial score (nSPS) is 15.1. The van der Waals surface area contributed by atoms with Crippen LogP contribution in [0.4, 0.5) is 10.1 Å². The van der Waals surface area contributed by atoms with E-state index in [0.29, 0.717) is 12.5 Å². The zero-order chi connectivity index (χ0) is 17.8. The number of piperazine rings is 1. The van der Waals surface area contributed by atoms with Crippen LogP contribution < -0.4 is 10.6 Å². The third-order valence-corrected chi connectivity index (χ3v) is 4.61. The molecular weight excluding hydrogens is 448 g/mol. The van der Waals surface area contributed by atoms with E-state index in [-0.39, 0.29) is 29.8 Å². The average molecular weight is 473 g/mol. The van der Waals surface area contributed by atoms with Gasteiger partial charge in [-0.1, -0.05) is 5.16 Å². The Balaban J connectivity index is 0.00000243. The molecule has 6 nitrogen and oxygen atoms in total. The summed E-state index contributed by atoms with van der Waals surface area (Å²) in [5.41, 5.74) is 9.20. The lowest BCUT2D eigenvalue weighted by atomic mass is 10.1. The zero-order valence-corrected chi connectivity index (χ0v) is 17.4. The van der Waals surface area contributed by atoms with Crippen molar-refractivity contribution >= 4 is 35.6 Å². The van der Waals surface area contributed by atoms with Crippen molar-refractivity contribution in [2.24, 2.45) is 10.7 Å². The second kappa shape index (κ2) is 9.20. The molecule has 2 N–H and O–H groups in total. The second-order valence-corrected chi connectivity index (χ2v) is 6.24. The number of aryl methyl sites for hydroxylation is 2. The summed E-state index contributed by atoms with van der Waals surface area (Å²) in [6.07, 6.45) is 0.775. The molecule has 1 aliphatic rings. The van der Waals surface area contributed by atoms with Crippen molar-refractivity contribution in [2.75, 3.05) is 37.6 Å². The fraction of sp³-hybridized carbons (Fsp3) is 0.444. The lowest BCUT2D eigenvalue weighted by molar-refractivity contribution is 0.380. The highest BCUT2D eigenvalue weighted by molar-refractivity contribution is 14.0. The number of nitrogens with zero attached hydrogens (tertiary/aromatic N) is 4. The number of aliphatic imine (C=N–C) groups is 1. The molecule has 1 aromatic heterocycles. The van der Waals surface area contributed by atoms with Crippen molar-refractivity contribution in [1.82, 2.24) is 10.1 Å². The third kappa shape index (κ3) is 4.87. The van der Waals surface area contributed by atoms with Crippen molar-refractivity contribution in [2.45, 2.75) is 20.3 Å². The van der Waals surface area contributed by atoms with Gasteiger partial charge in [-0.05, 0) is 44.5 Å². The van der Waals surface area contributed by atoms with Crippen LogP contribution in [0.5, 0.6) is 0 Å². The molecule has 1 aliphatic heterocycles. The Morgan fingerprint density at radius 3 is 2.42 bits per heavy atom. The standard InChI is InChI=1S/C18H24FN5O.HI/c1-13-17(14(2)25-22-13)7-8-21-18(20)24-11-9-23(10-12-24)16-5-3-15(19)4-6-16;/h3-6H,7-12H2,1-2H3,(H2,20,21);1H. The van der Waals surface area contributed by atoms with E-state index >= 15 is 0 Å². The largest absolute Gasteiger partial charge is 0.370 e. The summed E-state index contributed by atoms with van der Waals surface area (Å²) in [4.78, 5) is 8.82. The molecule has 0 bridgehead atoms. The fourth-order valence-electron chi connectivity index (χ4n) is 3.09. The summed E-state index contributed by atoms with van der Waals surface area (Å²) in [6, 6.07) is 6.61. The predicted octanol–water partition coefficient (Wildman–Crippen LogP) is 2.73. The maximum absolute atomic E-state index is 13.0. The van der Waals surface area contributed by atoms with E-state index in [1.807, 2.05) is 26.0 Å². The van der Waals surface area contributed by atoms with E-state index in [4.69, 9.17) is 10.3 Å². The minimum atomic E-state index is -0.211. The number of rotatable bonds is 4. The molecule has 1 fully saturated rings. The van der Waals surface area contributed by atoms with Gasteiger partial charge in [-0.2, -0.15) is 0 Å². The van der Waals surface area contributed by atoms with Crippen molar-refractivity contribution in [3.63, 3.8) is 0 Å². The molecule has 2 heterocycles. The summed E-state index contributed by atoms with van der Waals surface area (Å²) in [5, 5.41) is 3.95. The molecule has 0 amide bonds. The van der Waals surface area contributed by atoms with Crippen LogP contribution in [0.25, 0.3) is 0 Å². The Kier molecular flexibility index (Phi) is 7.24. The minimum absolute atomic E-state index is 0. The van der Waals surface area contributed by atoms with Crippen LogP contribution in [0, 0.1) is 19.7 Å². The number of guanidine groups is 1. The van der Waals surface area contributed by atoms with E-state index in [1.54, 1.807) is 0 Å². The Labute approximate surface area is 170 Å². The molecule has 0 spiro atoms. The van der Waals surface area contributed by atoms with Gasteiger partial charge in [0.1, 0.15) is 11.6 Å². The molecule has 1 saturated heterocycles.